The molecule has 0 bridgehead atoms. The van der Waals surface area contributed by atoms with Crippen molar-refractivity contribution in [3.8, 4) is 0 Å². The van der Waals surface area contributed by atoms with Gasteiger partial charge in [-0.1, -0.05) is 0 Å². The van der Waals surface area contributed by atoms with E-state index < -0.39 is 0 Å². The Labute approximate surface area is 148 Å². The third-order valence-electron chi connectivity index (χ3n) is 5.46. The second-order valence-corrected chi connectivity index (χ2v) is 7.17. The van der Waals surface area contributed by atoms with E-state index in [0.29, 0.717) is 5.92 Å². The molecular weight excluding hydrogens is 322 g/mol. The van der Waals surface area contributed by atoms with Gasteiger partial charge in [0.15, 0.2) is 0 Å². The highest BCUT2D eigenvalue weighted by atomic mass is 16.3. The summed E-state index contributed by atoms with van der Waals surface area (Å²) < 4.78 is 2.10. The van der Waals surface area contributed by atoms with Gasteiger partial charge < -0.3 is 19.7 Å². The Morgan fingerprint density at radius 2 is 1.80 bits per heavy atom. The lowest BCUT2D eigenvalue weighted by molar-refractivity contribution is -0.132. The van der Waals surface area contributed by atoms with Crippen molar-refractivity contribution in [2.24, 2.45) is 7.05 Å². The summed E-state index contributed by atoms with van der Waals surface area (Å²) in [5.74, 6) is 2.32. The van der Waals surface area contributed by atoms with Crippen molar-refractivity contribution in [3.05, 3.63) is 11.6 Å². The number of nitrogens with zero attached hydrogens (tertiary/aromatic N) is 5. The van der Waals surface area contributed by atoms with Crippen LogP contribution in [0.15, 0.2) is 0 Å². The number of aliphatic hydroxyl groups is 2. The first-order valence-electron chi connectivity index (χ1n) is 9.25. The molecule has 1 aromatic heterocycles. The maximum atomic E-state index is 11.9. The average Bonchev–Trinajstić information content (AvgIpc) is 2.98. The zero-order chi connectivity index (χ0) is 17.8. The molecular formula is C17H29N5O3. The monoisotopic (exact) mass is 351 g/mol. The molecule has 2 aliphatic rings. The van der Waals surface area contributed by atoms with Crippen LogP contribution in [-0.2, 0) is 18.4 Å². The van der Waals surface area contributed by atoms with Gasteiger partial charge >= 0.3 is 0 Å². The summed E-state index contributed by atoms with van der Waals surface area (Å²) in [4.78, 5) is 16.0. The molecule has 2 fully saturated rings. The van der Waals surface area contributed by atoms with Gasteiger partial charge in [0.1, 0.15) is 11.6 Å². The van der Waals surface area contributed by atoms with Crippen molar-refractivity contribution in [1.29, 1.82) is 0 Å². The van der Waals surface area contributed by atoms with E-state index in [1.807, 2.05) is 11.9 Å². The molecule has 0 spiro atoms. The fourth-order valence-corrected chi connectivity index (χ4v) is 3.79. The number of piperidine rings is 2. The lowest BCUT2D eigenvalue weighted by Gasteiger charge is -2.31. The minimum absolute atomic E-state index is 0.0342. The van der Waals surface area contributed by atoms with Gasteiger partial charge in [0.25, 0.3) is 0 Å². The Morgan fingerprint density at radius 3 is 2.44 bits per heavy atom. The van der Waals surface area contributed by atoms with Crippen LogP contribution in [0, 0.1) is 0 Å². The van der Waals surface area contributed by atoms with Crippen molar-refractivity contribution in [2.75, 3.05) is 32.8 Å². The Morgan fingerprint density at radius 1 is 1.12 bits per heavy atom. The number of carbonyl (C=O) groups is 1. The number of hydrogen-bond donors (Lipinski definition) is 2. The highest BCUT2D eigenvalue weighted by molar-refractivity contribution is 5.76. The zero-order valence-corrected chi connectivity index (χ0v) is 15.0. The molecule has 140 valence electrons. The molecule has 3 heterocycles. The summed E-state index contributed by atoms with van der Waals surface area (Å²) in [5.41, 5.74) is 0. The van der Waals surface area contributed by atoms with Gasteiger partial charge in [-0.3, -0.25) is 9.69 Å². The van der Waals surface area contributed by atoms with Crippen LogP contribution in [0.3, 0.4) is 0 Å². The predicted molar refractivity (Wildman–Crippen MR) is 91.8 cm³/mol. The molecule has 8 heteroatoms. The molecule has 0 atom stereocenters. The molecule has 2 N–H and O–H groups in total. The minimum atomic E-state index is -0.162. The highest BCUT2D eigenvalue weighted by Crippen LogP contribution is 2.27. The molecule has 0 radical (unpaired) electrons. The summed E-state index contributed by atoms with van der Waals surface area (Å²) in [7, 11) is 2.02. The molecule has 2 saturated heterocycles. The largest absolute Gasteiger partial charge is 0.396 e. The van der Waals surface area contributed by atoms with Crippen LogP contribution in [0.25, 0.3) is 0 Å². The first-order chi connectivity index (χ1) is 12.1. The van der Waals surface area contributed by atoms with Crippen LogP contribution < -0.4 is 0 Å². The predicted octanol–water partition coefficient (Wildman–Crippen LogP) is -0.140. The van der Waals surface area contributed by atoms with Crippen LogP contribution in [-0.4, -0.2) is 79.6 Å². The van der Waals surface area contributed by atoms with E-state index in [2.05, 4.69) is 19.7 Å². The first kappa shape index (κ1) is 18.3. The second kappa shape index (κ2) is 8.25. The summed E-state index contributed by atoms with van der Waals surface area (Å²) in [6.07, 6.45) is 3.47. The van der Waals surface area contributed by atoms with Gasteiger partial charge in [-0.25, -0.2) is 0 Å². The van der Waals surface area contributed by atoms with E-state index in [1.165, 1.54) is 0 Å². The molecule has 25 heavy (non-hydrogen) atoms. The fourth-order valence-electron chi connectivity index (χ4n) is 3.79. The number of carbonyl (C=O) groups excluding carboxylic acids is 1. The quantitative estimate of drug-likeness (QED) is 0.767. The lowest BCUT2D eigenvalue weighted by Crippen LogP contribution is -2.38. The van der Waals surface area contributed by atoms with E-state index in [0.717, 1.165) is 70.1 Å². The van der Waals surface area contributed by atoms with Crippen LogP contribution in [0.1, 0.15) is 49.7 Å². The molecule has 0 saturated carbocycles. The van der Waals surface area contributed by atoms with Crippen LogP contribution in [0.5, 0.6) is 0 Å². The normalized spacial score (nSPS) is 21.0. The third-order valence-corrected chi connectivity index (χ3v) is 5.46. The molecule has 0 unspecified atom stereocenters. The number of rotatable bonds is 5. The number of aliphatic hydroxyl groups excluding tert-OH is 2. The molecule has 2 aliphatic heterocycles. The van der Waals surface area contributed by atoms with E-state index in [1.54, 1.807) is 0 Å². The van der Waals surface area contributed by atoms with Crippen molar-refractivity contribution in [3.63, 3.8) is 0 Å². The number of hydrogen-bond acceptors (Lipinski definition) is 6. The summed E-state index contributed by atoms with van der Waals surface area (Å²) in [5, 5.41) is 27.3. The molecule has 0 aliphatic carbocycles. The smallest absolute Gasteiger partial charge is 0.224 e. The number of amides is 1. The minimum Gasteiger partial charge on any atom is -0.396 e. The summed E-state index contributed by atoms with van der Waals surface area (Å²) in [6, 6.07) is 0. The Bertz CT molecular complexity index is 575. The van der Waals surface area contributed by atoms with Crippen molar-refractivity contribution in [1.82, 2.24) is 24.6 Å². The third kappa shape index (κ3) is 4.37. The van der Waals surface area contributed by atoms with Gasteiger partial charge in [-0.05, 0) is 25.7 Å². The van der Waals surface area contributed by atoms with Crippen molar-refractivity contribution >= 4 is 5.91 Å². The Kier molecular flexibility index (Phi) is 6.03. The molecule has 1 amide bonds. The standard InChI is InChI=1S/C17H29N5O3/c1-20-15(12-21-7-4-14(24)5-8-21)18-19-17(20)13-2-9-22(10-3-13)16(25)6-11-23/h13-14,23-24H,2-12H2,1H3. The van der Waals surface area contributed by atoms with E-state index >= 15 is 0 Å². The summed E-state index contributed by atoms with van der Waals surface area (Å²) in [6.45, 7) is 3.91. The highest BCUT2D eigenvalue weighted by Gasteiger charge is 2.27. The maximum absolute atomic E-state index is 11.9. The average molecular weight is 351 g/mol. The number of likely N-dealkylation sites (tertiary alicyclic amines) is 2. The SMILES string of the molecule is Cn1c(CN2CCC(O)CC2)nnc1C1CCN(C(=O)CCO)CC1. The first-order valence-corrected chi connectivity index (χ1v) is 9.25. The fraction of sp³-hybridized carbons (Fsp3) is 0.824. The second-order valence-electron chi connectivity index (χ2n) is 7.17. The molecule has 1 aromatic rings. The van der Waals surface area contributed by atoms with Crippen LogP contribution in [0.4, 0.5) is 0 Å². The van der Waals surface area contributed by atoms with Gasteiger partial charge in [-0.15, -0.1) is 10.2 Å². The summed E-state index contributed by atoms with van der Waals surface area (Å²) >= 11 is 0. The van der Waals surface area contributed by atoms with E-state index in [9.17, 15) is 9.90 Å². The van der Waals surface area contributed by atoms with Gasteiger partial charge in [0, 0.05) is 45.6 Å². The van der Waals surface area contributed by atoms with Gasteiger partial charge in [-0.2, -0.15) is 0 Å². The van der Waals surface area contributed by atoms with Gasteiger partial charge in [0.05, 0.1) is 19.3 Å². The lowest BCUT2D eigenvalue weighted by atomic mass is 9.95. The molecule has 8 nitrogen and oxygen atoms in total. The van der Waals surface area contributed by atoms with E-state index in [-0.39, 0.29) is 25.0 Å². The Balaban J connectivity index is 1.56. The van der Waals surface area contributed by atoms with Crippen LogP contribution in [0.2, 0.25) is 0 Å². The molecule has 0 aromatic carbocycles. The topological polar surface area (TPSA) is 94.7 Å². The van der Waals surface area contributed by atoms with E-state index in [4.69, 9.17) is 5.11 Å². The van der Waals surface area contributed by atoms with Crippen molar-refractivity contribution < 1.29 is 15.0 Å². The zero-order valence-electron chi connectivity index (χ0n) is 15.0. The van der Waals surface area contributed by atoms with Crippen LogP contribution >= 0.6 is 0 Å². The Hall–Kier alpha value is -1.51. The van der Waals surface area contributed by atoms with Gasteiger partial charge in [0.2, 0.25) is 5.91 Å². The molecule has 3 rings (SSSR count). The maximum Gasteiger partial charge on any atom is 0.224 e. The number of aromatic nitrogens is 3. The van der Waals surface area contributed by atoms with Crippen molar-refractivity contribution in [2.45, 2.75) is 50.7 Å².